The van der Waals surface area contributed by atoms with E-state index in [2.05, 4.69) is 10.6 Å². The molecule has 218 valence electrons. The van der Waals surface area contributed by atoms with Gasteiger partial charge >= 0.3 is 18.4 Å². The van der Waals surface area contributed by atoms with Crippen molar-refractivity contribution < 1.29 is 35.9 Å². The van der Waals surface area contributed by atoms with Crippen molar-refractivity contribution in [1.82, 2.24) is 15.5 Å². The largest absolute Gasteiger partial charge is 0.416 e. The van der Waals surface area contributed by atoms with E-state index in [0.717, 1.165) is 37.7 Å². The molecule has 2 atom stereocenters. The van der Waals surface area contributed by atoms with E-state index in [9.17, 15) is 35.9 Å². The van der Waals surface area contributed by atoms with Crippen molar-refractivity contribution in [2.24, 2.45) is 0 Å². The molecule has 0 spiro atoms. The normalized spacial score (nSPS) is 20.7. The predicted molar refractivity (Wildman–Crippen MR) is 138 cm³/mol. The molecule has 2 fully saturated rings. The molecule has 3 amide bonds. The number of halogens is 7. The van der Waals surface area contributed by atoms with Gasteiger partial charge in [-0.3, -0.25) is 4.79 Å². The highest BCUT2D eigenvalue weighted by Gasteiger charge is 2.39. The first-order chi connectivity index (χ1) is 18.8. The van der Waals surface area contributed by atoms with Crippen molar-refractivity contribution in [3.63, 3.8) is 0 Å². The lowest BCUT2D eigenvalue weighted by Gasteiger charge is -2.40. The molecule has 0 bridgehead atoms. The van der Waals surface area contributed by atoms with E-state index < -0.39 is 41.0 Å². The molecule has 0 aromatic heterocycles. The summed E-state index contributed by atoms with van der Waals surface area (Å²) in [5.41, 5.74) is -3.00. The van der Waals surface area contributed by atoms with Crippen LogP contribution in [0.3, 0.4) is 0 Å². The molecule has 4 rings (SSSR count). The molecule has 2 aromatic carbocycles. The van der Waals surface area contributed by atoms with E-state index in [0.29, 0.717) is 23.6 Å². The number of piperidine rings is 1. The highest BCUT2D eigenvalue weighted by Crippen LogP contribution is 2.37. The Labute approximate surface area is 233 Å². The van der Waals surface area contributed by atoms with Crippen molar-refractivity contribution in [1.29, 1.82) is 0 Å². The number of nitrogens with zero attached hydrogens (tertiary/aromatic N) is 1. The van der Waals surface area contributed by atoms with Gasteiger partial charge in [0.15, 0.2) is 0 Å². The van der Waals surface area contributed by atoms with Crippen LogP contribution < -0.4 is 10.6 Å². The lowest BCUT2D eigenvalue weighted by molar-refractivity contribution is -0.143. The molecule has 0 unspecified atom stereocenters. The van der Waals surface area contributed by atoms with Crippen molar-refractivity contribution in [3.05, 3.63) is 69.7 Å². The van der Waals surface area contributed by atoms with Crippen molar-refractivity contribution in [2.45, 2.75) is 81.8 Å². The first-order valence-corrected chi connectivity index (χ1v) is 13.6. The third-order valence-electron chi connectivity index (χ3n) is 7.47. The van der Waals surface area contributed by atoms with Crippen LogP contribution in [0.15, 0.2) is 42.5 Å². The third kappa shape index (κ3) is 7.83. The number of carbonyl (C=O) groups is 2. The molecule has 1 saturated carbocycles. The molecule has 1 aliphatic carbocycles. The second-order valence-corrected chi connectivity index (χ2v) is 10.9. The Morgan fingerprint density at radius 3 is 1.98 bits per heavy atom. The van der Waals surface area contributed by atoms with Crippen LogP contribution in [0, 0.1) is 0 Å². The Morgan fingerprint density at radius 2 is 1.40 bits per heavy atom. The van der Waals surface area contributed by atoms with E-state index in [-0.39, 0.29) is 43.6 Å². The number of benzene rings is 2. The van der Waals surface area contributed by atoms with Crippen LogP contribution in [0.5, 0.6) is 0 Å². The van der Waals surface area contributed by atoms with Gasteiger partial charge in [-0.25, -0.2) is 4.79 Å². The smallest absolute Gasteiger partial charge is 0.335 e. The number of alkyl halides is 6. The van der Waals surface area contributed by atoms with Crippen LogP contribution in [0.2, 0.25) is 5.02 Å². The van der Waals surface area contributed by atoms with Crippen molar-refractivity contribution >= 4 is 23.5 Å². The molecule has 2 aliphatic rings. The average Bonchev–Trinajstić information content (AvgIpc) is 2.89. The monoisotopic (exact) mass is 589 g/mol. The number of nitrogens with one attached hydrogen (secondary N) is 2. The zero-order valence-electron chi connectivity index (χ0n) is 21.5. The summed E-state index contributed by atoms with van der Waals surface area (Å²) in [7, 11) is 0. The molecule has 1 saturated heterocycles. The first-order valence-electron chi connectivity index (χ1n) is 13.2. The standard InChI is InChI=1S/C28H30ClF6N3O2/c29-21-8-6-17(7-9-21)12-24-16-23(37-26(40)36-22-4-2-1-3-5-22)10-11-38(24)25(39)18-13-19(27(30,31)32)15-20(14-18)28(33,34)35/h6-9,13-15,22-24H,1-5,10-12,16H2,(H2,36,37,40)/t23-,24+/m0/s1. The van der Waals surface area contributed by atoms with E-state index in [1.165, 1.54) is 4.90 Å². The summed E-state index contributed by atoms with van der Waals surface area (Å²) < 4.78 is 80.6. The minimum absolute atomic E-state index is 0.00303. The topological polar surface area (TPSA) is 61.4 Å². The van der Waals surface area contributed by atoms with Gasteiger partial charge in [-0.2, -0.15) is 26.3 Å². The summed E-state index contributed by atoms with van der Waals surface area (Å²) in [6.07, 6.45) is -4.27. The van der Waals surface area contributed by atoms with Gasteiger partial charge in [-0.05, 0) is 68.0 Å². The van der Waals surface area contributed by atoms with E-state index in [1.807, 2.05) is 0 Å². The number of likely N-dealkylation sites (tertiary alicyclic amines) is 1. The van der Waals surface area contributed by atoms with Crippen LogP contribution in [-0.4, -0.2) is 41.5 Å². The molecule has 2 N–H and O–H groups in total. The van der Waals surface area contributed by atoms with Gasteiger partial charge in [-0.15, -0.1) is 0 Å². The Hall–Kier alpha value is -2.95. The summed E-state index contributed by atoms with van der Waals surface area (Å²) >= 11 is 5.97. The van der Waals surface area contributed by atoms with E-state index >= 15 is 0 Å². The quantitative estimate of drug-likeness (QED) is 0.362. The second-order valence-electron chi connectivity index (χ2n) is 10.5. The molecule has 0 radical (unpaired) electrons. The van der Waals surface area contributed by atoms with Crippen LogP contribution in [-0.2, 0) is 18.8 Å². The summed E-state index contributed by atoms with van der Waals surface area (Å²) in [4.78, 5) is 27.4. The van der Waals surface area contributed by atoms with Crippen molar-refractivity contribution in [3.8, 4) is 0 Å². The summed E-state index contributed by atoms with van der Waals surface area (Å²) in [6, 6.07) is 6.54. The Kier molecular flexibility index (Phi) is 9.22. The minimum atomic E-state index is -5.07. The molecule has 1 heterocycles. The predicted octanol–water partition coefficient (Wildman–Crippen LogP) is 7.23. The minimum Gasteiger partial charge on any atom is -0.335 e. The Balaban J connectivity index is 1.56. The fourth-order valence-corrected chi connectivity index (χ4v) is 5.57. The number of urea groups is 1. The number of rotatable bonds is 5. The molecule has 1 aliphatic heterocycles. The maximum absolute atomic E-state index is 13.5. The van der Waals surface area contributed by atoms with Gasteiger partial charge in [0.2, 0.25) is 0 Å². The molecular formula is C28H30ClF6N3O2. The molecular weight excluding hydrogens is 560 g/mol. The van der Waals surface area contributed by atoms with Gasteiger partial charge in [0.25, 0.3) is 5.91 Å². The molecule has 5 nitrogen and oxygen atoms in total. The number of amides is 3. The van der Waals surface area contributed by atoms with Gasteiger partial charge in [0.05, 0.1) is 11.1 Å². The van der Waals surface area contributed by atoms with Crippen LogP contribution in [0.25, 0.3) is 0 Å². The maximum atomic E-state index is 13.5. The van der Waals surface area contributed by atoms with Gasteiger partial charge in [0.1, 0.15) is 0 Å². The highest BCUT2D eigenvalue weighted by molar-refractivity contribution is 6.30. The molecule has 2 aromatic rings. The van der Waals surface area contributed by atoms with Gasteiger partial charge < -0.3 is 15.5 Å². The van der Waals surface area contributed by atoms with Crippen molar-refractivity contribution in [2.75, 3.05) is 6.54 Å². The number of hydrogen-bond donors (Lipinski definition) is 2. The summed E-state index contributed by atoms with van der Waals surface area (Å²) in [6.45, 7) is 0.0447. The summed E-state index contributed by atoms with van der Waals surface area (Å²) in [5.74, 6) is -0.930. The Morgan fingerprint density at radius 1 is 0.825 bits per heavy atom. The third-order valence-corrected chi connectivity index (χ3v) is 7.72. The molecule has 40 heavy (non-hydrogen) atoms. The van der Waals surface area contributed by atoms with E-state index in [4.69, 9.17) is 11.6 Å². The lowest BCUT2D eigenvalue weighted by Crippen LogP contribution is -2.55. The number of carbonyl (C=O) groups excluding carboxylic acids is 2. The fourth-order valence-electron chi connectivity index (χ4n) is 5.44. The fraction of sp³-hybridized carbons (Fsp3) is 0.500. The zero-order chi connectivity index (χ0) is 29.1. The zero-order valence-corrected chi connectivity index (χ0v) is 22.3. The van der Waals surface area contributed by atoms with Gasteiger partial charge in [0, 0.05) is 35.3 Å². The van der Waals surface area contributed by atoms with E-state index in [1.54, 1.807) is 24.3 Å². The first kappa shape index (κ1) is 30.0. The Bertz CT molecular complexity index is 1160. The highest BCUT2D eigenvalue weighted by atomic mass is 35.5. The van der Waals surface area contributed by atoms with Crippen LogP contribution >= 0.6 is 11.6 Å². The number of hydrogen-bond acceptors (Lipinski definition) is 2. The molecule has 12 heteroatoms. The summed E-state index contributed by atoms with van der Waals surface area (Å²) in [5, 5.41) is 6.41. The average molecular weight is 590 g/mol. The SMILES string of the molecule is O=C(NC1CCCCC1)N[C@H]1CCN(C(=O)c2cc(C(F)(F)F)cc(C(F)(F)F)c2)[C@H](Cc2ccc(Cl)cc2)C1. The van der Waals surface area contributed by atoms with Crippen LogP contribution in [0.1, 0.15) is 72.0 Å². The lowest BCUT2D eigenvalue weighted by atomic mass is 9.91. The maximum Gasteiger partial charge on any atom is 0.416 e. The van der Waals surface area contributed by atoms with Gasteiger partial charge in [-0.1, -0.05) is 43.0 Å². The second kappa shape index (κ2) is 12.3. The van der Waals surface area contributed by atoms with Crippen LogP contribution in [0.4, 0.5) is 31.1 Å².